The Morgan fingerprint density at radius 2 is 2.03 bits per heavy atom. The molecule has 0 saturated carbocycles. The van der Waals surface area contributed by atoms with Crippen molar-refractivity contribution in [1.82, 2.24) is 24.4 Å². The lowest BCUT2D eigenvalue weighted by atomic mass is 10.0. The molecular formula is C20H23ClFN5O2Si. The third-order valence-electron chi connectivity index (χ3n) is 4.90. The first kappa shape index (κ1) is 20.9. The molecule has 4 aromatic rings. The minimum atomic E-state index is -1.26. The Morgan fingerprint density at radius 3 is 2.80 bits per heavy atom. The zero-order valence-corrected chi connectivity index (χ0v) is 18.8. The Labute approximate surface area is 179 Å². The molecule has 0 aliphatic rings. The molecule has 158 valence electrons. The van der Waals surface area contributed by atoms with Crippen LogP contribution in [0.3, 0.4) is 0 Å². The number of aliphatic hydroxyl groups is 1. The molecule has 3 heterocycles. The van der Waals surface area contributed by atoms with Crippen molar-refractivity contribution in [1.29, 1.82) is 0 Å². The van der Waals surface area contributed by atoms with Crippen LogP contribution in [0.1, 0.15) is 17.4 Å². The molecule has 0 fully saturated rings. The Kier molecular flexibility index (Phi) is 5.63. The summed E-state index contributed by atoms with van der Waals surface area (Å²) in [5.74, 6) is -0.546. The average Bonchev–Trinajstić information content (AvgIpc) is 3.27. The van der Waals surface area contributed by atoms with Crippen LogP contribution in [0.15, 0.2) is 36.7 Å². The van der Waals surface area contributed by atoms with Crippen molar-refractivity contribution in [2.75, 3.05) is 6.61 Å². The summed E-state index contributed by atoms with van der Waals surface area (Å²) in [6.45, 7) is 7.77. The summed E-state index contributed by atoms with van der Waals surface area (Å²) in [6.07, 6.45) is 1.84. The van der Waals surface area contributed by atoms with Crippen molar-refractivity contribution in [3.63, 3.8) is 0 Å². The first-order valence-corrected chi connectivity index (χ1v) is 13.7. The van der Waals surface area contributed by atoms with Crippen molar-refractivity contribution in [2.24, 2.45) is 0 Å². The number of imidazole rings is 1. The molecule has 1 N–H and O–H groups in total. The molecule has 10 heteroatoms. The summed E-state index contributed by atoms with van der Waals surface area (Å²) in [7, 11) is -1.17. The zero-order valence-electron chi connectivity index (χ0n) is 17.0. The number of halogens is 2. The first-order valence-electron chi connectivity index (χ1n) is 9.64. The molecule has 3 aromatic heterocycles. The molecule has 0 radical (unpaired) electrons. The predicted molar refractivity (Wildman–Crippen MR) is 116 cm³/mol. The number of rotatable bonds is 7. The number of aromatic nitrogens is 5. The van der Waals surface area contributed by atoms with E-state index in [9.17, 15) is 9.50 Å². The fourth-order valence-corrected chi connectivity index (χ4v) is 4.07. The van der Waals surface area contributed by atoms with E-state index in [1.807, 2.05) is 0 Å². The van der Waals surface area contributed by atoms with Crippen molar-refractivity contribution >= 4 is 36.2 Å². The van der Waals surface area contributed by atoms with Gasteiger partial charge >= 0.3 is 0 Å². The average molecular weight is 448 g/mol. The third-order valence-corrected chi connectivity index (χ3v) is 6.81. The number of nitrogens with zero attached hydrogens (tertiary/aromatic N) is 5. The van der Waals surface area contributed by atoms with Crippen LogP contribution in [0.2, 0.25) is 30.8 Å². The minimum Gasteiger partial charge on any atom is -0.382 e. The minimum absolute atomic E-state index is 0.116. The quantitative estimate of drug-likeness (QED) is 0.338. The van der Waals surface area contributed by atoms with Gasteiger partial charge in [-0.3, -0.25) is 0 Å². The second kappa shape index (κ2) is 8.07. The van der Waals surface area contributed by atoms with E-state index < -0.39 is 20.0 Å². The van der Waals surface area contributed by atoms with Crippen molar-refractivity contribution in [3.8, 4) is 0 Å². The van der Waals surface area contributed by atoms with Gasteiger partial charge in [-0.1, -0.05) is 31.2 Å². The summed E-state index contributed by atoms with van der Waals surface area (Å²) < 4.78 is 23.7. The Balaban J connectivity index is 1.59. The topological polar surface area (TPSA) is 77.5 Å². The summed E-state index contributed by atoms with van der Waals surface area (Å²) in [5.41, 5.74) is 1.56. The van der Waals surface area contributed by atoms with Crippen LogP contribution in [-0.4, -0.2) is 44.2 Å². The summed E-state index contributed by atoms with van der Waals surface area (Å²) in [4.78, 5) is 4.19. The second-order valence-electron chi connectivity index (χ2n) is 8.44. The molecule has 0 aliphatic heterocycles. The van der Waals surface area contributed by atoms with Gasteiger partial charge in [-0.2, -0.15) is 10.2 Å². The fraction of sp³-hybridized carbons (Fsp3) is 0.350. The molecule has 4 rings (SSSR count). The van der Waals surface area contributed by atoms with Gasteiger partial charge in [0.25, 0.3) is 0 Å². The zero-order chi connectivity index (χ0) is 21.5. The van der Waals surface area contributed by atoms with E-state index in [1.165, 1.54) is 16.8 Å². The van der Waals surface area contributed by atoms with E-state index in [-0.39, 0.29) is 17.4 Å². The van der Waals surface area contributed by atoms with Crippen LogP contribution in [0.4, 0.5) is 4.39 Å². The van der Waals surface area contributed by atoms with E-state index in [4.69, 9.17) is 16.3 Å². The smallest absolute Gasteiger partial charge is 0.154 e. The summed E-state index contributed by atoms with van der Waals surface area (Å²) >= 11 is 5.95. The Bertz CT molecular complexity index is 1200. The van der Waals surface area contributed by atoms with Gasteiger partial charge in [0.05, 0.1) is 23.6 Å². The van der Waals surface area contributed by atoms with Gasteiger partial charge in [0.15, 0.2) is 5.65 Å². The second-order valence-corrected chi connectivity index (χ2v) is 14.4. The fourth-order valence-electron chi connectivity index (χ4n) is 3.17. The monoisotopic (exact) mass is 447 g/mol. The Morgan fingerprint density at radius 1 is 1.23 bits per heavy atom. The SMILES string of the molecule is C[Si](C)(C)CCOCn1ncc2cc(C(O)c3cnc4ccc(Cl)nn34)c(F)cc21. The largest absolute Gasteiger partial charge is 0.382 e. The van der Waals surface area contributed by atoms with E-state index in [0.29, 0.717) is 28.9 Å². The molecule has 1 aromatic carbocycles. The van der Waals surface area contributed by atoms with Crippen LogP contribution in [-0.2, 0) is 11.5 Å². The maximum atomic E-state index is 14.9. The summed E-state index contributed by atoms with van der Waals surface area (Å²) in [6, 6.07) is 7.29. The maximum Gasteiger partial charge on any atom is 0.154 e. The van der Waals surface area contributed by atoms with Crippen LogP contribution in [0.5, 0.6) is 0 Å². The van der Waals surface area contributed by atoms with Gasteiger partial charge in [0.2, 0.25) is 0 Å². The van der Waals surface area contributed by atoms with Crippen LogP contribution in [0, 0.1) is 5.82 Å². The van der Waals surface area contributed by atoms with Crippen LogP contribution in [0.25, 0.3) is 16.6 Å². The normalized spacial score (nSPS) is 13.4. The molecule has 30 heavy (non-hydrogen) atoms. The molecular weight excluding hydrogens is 425 g/mol. The highest BCUT2D eigenvalue weighted by atomic mass is 35.5. The van der Waals surface area contributed by atoms with Gasteiger partial charge < -0.3 is 9.84 Å². The highest BCUT2D eigenvalue weighted by Crippen LogP contribution is 2.29. The van der Waals surface area contributed by atoms with Gasteiger partial charge in [0.1, 0.15) is 23.8 Å². The van der Waals surface area contributed by atoms with E-state index in [0.717, 1.165) is 6.04 Å². The number of benzene rings is 1. The number of fused-ring (bicyclic) bond motifs is 2. The van der Waals surface area contributed by atoms with E-state index in [2.05, 4.69) is 34.8 Å². The number of aliphatic hydroxyl groups excluding tert-OH is 1. The van der Waals surface area contributed by atoms with Gasteiger partial charge in [0, 0.05) is 31.7 Å². The molecule has 0 aliphatic carbocycles. The summed E-state index contributed by atoms with van der Waals surface area (Å²) in [5, 5.41) is 20.2. The standard InChI is InChI=1S/C20H23ClFN5O2Si/c1-30(2,3)7-6-29-12-26-16-9-15(22)14(8-13(16)10-24-26)20(28)17-11-23-19-5-4-18(21)25-27(17)19/h4-5,8-11,20,28H,6-7,12H2,1-3H3. The lowest BCUT2D eigenvalue weighted by molar-refractivity contribution is 0.0816. The van der Waals surface area contributed by atoms with Gasteiger partial charge in [-0.25, -0.2) is 18.6 Å². The lowest BCUT2D eigenvalue weighted by Gasteiger charge is -2.15. The van der Waals surface area contributed by atoms with E-state index in [1.54, 1.807) is 29.1 Å². The van der Waals surface area contributed by atoms with Gasteiger partial charge in [-0.15, -0.1) is 0 Å². The first-order chi connectivity index (χ1) is 14.2. The number of ether oxygens (including phenoxy) is 1. The number of hydrogen-bond donors (Lipinski definition) is 1. The van der Waals surface area contributed by atoms with E-state index >= 15 is 0 Å². The lowest BCUT2D eigenvalue weighted by Crippen LogP contribution is -2.22. The third kappa shape index (κ3) is 4.24. The predicted octanol–water partition coefficient (Wildman–Crippen LogP) is 4.27. The highest BCUT2D eigenvalue weighted by molar-refractivity contribution is 6.76. The number of hydrogen-bond acceptors (Lipinski definition) is 5. The van der Waals surface area contributed by atoms with Crippen LogP contribution >= 0.6 is 11.6 Å². The molecule has 0 amide bonds. The molecule has 1 atom stereocenters. The molecule has 0 saturated heterocycles. The molecule has 1 unspecified atom stereocenters. The molecule has 0 spiro atoms. The van der Waals surface area contributed by atoms with Crippen molar-refractivity contribution < 1.29 is 14.2 Å². The van der Waals surface area contributed by atoms with Gasteiger partial charge in [-0.05, 0) is 24.2 Å². The van der Waals surface area contributed by atoms with Crippen LogP contribution < -0.4 is 0 Å². The van der Waals surface area contributed by atoms with Crippen molar-refractivity contribution in [2.45, 2.75) is 38.5 Å². The highest BCUT2D eigenvalue weighted by Gasteiger charge is 2.22. The molecule has 7 nitrogen and oxygen atoms in total. The Hall–Kier alpha value is -2.33. The van der Waals surface area contributed by atoms with Crippen molar-refractivity contribution in [3.05, 3.63) is 58.9 Å². The molecule has 0 bridgehead atoms. The maximum absolute atomic E-state index is 14.9.